The number of hydrogen-bond donors (Lipinski definition) is 3. The minimum absolute atomic E-state index is 0.0186. The van der Waals surface area contributed by atoms with Crippen LogP contribution in [0.5, 0.6) is 0 Å². The highest BCUT2D eigenvalue weighted by atomic mass is 19.1. The van der Waals surface area contributed by atoms with Gasteiger partial charge in [0.2, 0.25) is 11.8 Å². The Labute approximate surface area is 267 Å². The van der Waals surface area contributed by atoms with E-state index in [1.807, 2.05) is 0 Å². The van der Waals surface area contributed by atoms with E-state index in [9.17, 15) is 23.2 Å². The maximum atomic E-state index is 15.0. The summed E-state index contributed by atoms with van der Waals surface area (Å²) >= 11 is 0. The molecule has 12 nitrogen and oxygen atoms in total. The smallest absolute Gasteiger partial charge is 0.269 e. The summed E-state index contributed by atoms with van der Waals surface area (Å²) in [4.78, 5) is 49.2. The molecule has 0 spiro atoms. The number of benzene rings is 2. The monoisotopic (exact) mass is 641 g/mol. The molecule has 4 N–H and O–H groups in total. The zero-order chi connectivity index (χ0) is 32.9. The second-order valence-corrected chi connectivity index (χ2v) is 12.6. The molecule has 2 aromatic carbocycles. The standard InChI is InChI=1S/C33H33F2N9O3/c1-18-6-9-33(10-7-18,32-39-24-4-3-21(34)13-25(24)40-32)41-31(47)27-14-22(35)16-43(27)28(45)17-44-26-5-2-19(20-8-11-37-38-15-20)12-23(26)29(42-44)30(36)46/h2-5,8,11-13,15,18,22,27H,6-7,9-10,14,16-17H2,1H3,(H2,36,46)(H,39,40)(H,41,47). The molecule has 47 heavy (non-hydrogen) atoms. The molecule has 0 bridgehead atoms. The topological polar surface area (TPSA) is 165 Å². The van der Waals surface area contributed by atoms with Crippen molar-refractivity contribution in [1.82, 2.24) is 40.2 Å². The van der Waals surface area contributed by atoms with Gasteiger partial charge in [-0.1, -0.05) is 13.0 Å². The fourth-order valence-electron chi connectivity index (χ4n) is 6.85. The Balaban J connectivity index is 1.15. The Hall–Kier alpha value is -5.27. The number of fused-ring (bicyclic) bond motifs is 2. The lowest BCUT2D eigenvalue weighted by Gasteiger charge is -2.40. The third kappa shape index (κ3) is 5.68. The molecule has 1 aliphatic carbocycles. The van der Waals surface area contributed by atoms with E-state index in [0.29, 0.717) is 46.5 Å². The number of likely N-dealkylation sites (tertiary alicyclic amines) is 1. The number of nitrogens with zero attached hydrogens (tertiary/aromatic N) is 6. The predicted octanol–water partition coefficient (Wildman–Crippen LogP) is 3.77. The third-order valence-electron chi connectivity index (χ3n) is 9.45. The summed E-state index contributed by atoms with van der Waals surface area (Å²) in [6, 6.07) is 10.2. The number of halogens is 2. The number of imidazole rings is 1. The van der Waals surface area contributed by atoms with Gasteiger partial charge in [0.15, 0.2) is 5.69 Å². The summed E-state index contributed by atoms with van der Waals surface area (Å²) < 4.78 is 30.3. The quantitative estimate of drug-likeness (QED) is 0.243. The molecule has 2 aliphatic rings. The second kappa shape index (κ2) is 11.8. The number of nitrogens with one attached hydrogen (secondary N) is 2. The van der Waals surface area contributed by atoms with Crippen LogP contribution in [-0.4, -0.2) is 71.3 Å². The van der Waals surface area contributed by atoms with Crippen molar-refractivity contribution in [3.8, 4) is 11.1 Å². The van der Waals surface area contributed by atoms with Gasteiger partial charge >= 0.3 is 0 Å². The van der Waals surface area contributed by atoms with E-state index in [4.69, 9.17) is 5.73 Å². The largest absolute Gasteiger partial charge is 0.364 e. The molecular weight excluding hydrogens is 608 g/mol. The molecule has 242 valence electrons. The molecule has 2 unspecified atom stereocenters. The van der Waals surface area contributed by atoms with E-state index < -0.39 is 41.3 Å². The maximum absolute atomic E-state index is 15.0. The Morgan fingerprint density at radius 1 is 1.09 bits per heavy atom. The van der Waals surface area contributed by atoms with Gasteiger partial charge in [-0.05, 0) is 67.5 Å². The summed E-state index contributed by atoms with van der Waals surface area (Å²) in [5.74, 6) is -1.26. The number of primary amides is 1. The van der Waals surface area contributed by atoms with Crippen molar-refractivity contribution in [3.05, 3.63) is 72.2 Å². The first-order chi connectivity index (χ1) is 22.6. The van der Waals surface area contributed by atoms with E-state index in [2.05, 4.69) is 37.5 Å². The number of alkyl halides is 1. The highest BCUT2D eigenvalue weighted by molar-refractivity contribution is 6.05. The van der Waals surface area contributed by atoms with Crippen molar-refractivity contribution < 1.29 is 23.2 Å². The lowest BCUT2D eigenvalue weighted by molar-refractivity contribution is -0.140. The summed E-state index contributed by atoms with van der Waals surface area (Å²) in [7, 11) is 0. The Morgan fingerprint density at radius 2 is 1.89 bits per heavy atom. The van der Waals surface area contributed by atoms with Crippen LogP contribution in [0.25, 0.3) is 33.1 Å². The first-order valence-electron chi connectivity index (χ1n) is 15.6. The van der Waals surface area contributed by atoms with Gasteiger partial charge in [-0.2, -0.15) is 15.3 Å². The number of hydrogen-bond acceptors (Lipinski definition) is 7. The molecule has 14 heteroatoms. The van der Waals surface area contributed by atoms with Crippen molar-refractivity contribution in [2.75, 3.05) is 6.54 Å². The van der Waals surface area contributed by atoms with Crippen molar-refractivity contribution in [2.24, 2.45) is 11.7 Å². The maximum Gasteiger partial charge on any atom is 0.269 e. The normalized spacial score (nSPS) is 23.0. The molecule has 3 amide bonds. The predicted molar refractivity (Wildman–Crippen MR) is 168 cm³/mol. The van der Waals surface area contributed by atoms with E-state index in [1.165, 1.54) is 21.7 Å². The highest BCUT2D eigenvalue weighted by Crippen LogP contribution is 2.39. The van der Waals surface area contributed by atoms with Gasteiger partial charge < -0.3 is 20.9 Å². The van der Waals surface area contributed by atoms with Crippen LogP contribution in [0.1, 0.15) is 55.3 Å². The number of aromatic amines is 1. The van der Waals surface area contributed by atoms with Crippen molar-refractivity contribution in [2.45, 2.75) is 63.3 Å². The second-order valence-electron chi connectivity index (χ2n) is 12.6. The first kappa shape index (κ1) is 30.4. The van der Waals surface area contributed by atoms with Crippen LogP contribution >= 0.6 is 0 Å². The van der Waals surface area contributed by atoms with Crippen LogP contribution in [0.15, 0.2) is 54.9 Å². The van der Waals surface area contributed by atoms with Gasteiger partial charge in [0.05, 0.1) is 41.0 Å². The van der Waals surface area contributed by atoms with Crippen LogP contribution in [-0.2, 0) is 21.7 Å². The summed E-state index contributed by atoms with van der Waals surface area (Å²) in [5.41, 5.74) is 7.81. The van der Waals surface area contributed by atoms with Crippen LogP contribution < -0.4 is 11.1 Å². The number of rotatable bonds is 7. The Kier molecular flexibility index (Phi) is 7.65. The molecular formula is C33H33F2N9O3. The van der Waals surface area contributed by atoms with Gasteiger partial charge in [-0.25, -0.2) is 13.8 Å². The summed E-state index contributed by atoms with van der Waals surface area (Å²) in [5, 5.41) is 15.6. The zero-order valence-electron chi connectivity index (χ0n) is 25.6. The van der Waals surface area contributed by atoms with Crippen LogP contribution in [0.4, 0.5) is 8.78 Å². The van der Waals surface area contributed by atoms with Crippen LogP contribution in [0, 0.1) is 11.7 Å². The van der Waals surface area contributed by atoms with Gasteiger partial charge in [0.1, 0.15) is 30.4 Å². The van der Waals surface area contributed by atoms with E-state index in [-0.39, 0.29) is 25.2 Å². The fourth-order valence-corrected chi connectivity index (χ4v) is 6.85. The lowest BCUT2D eigenvalue weighted by Crippen LogP contribution is -2.55. The molecule has 2 fully saturated rings. The molecule has 7 rings (SSSR count). The third-order valence-corrected chi connectivity index (χ3v) is 9.45. The summed E-state index contributed by atoms with van der Waals surface area (Å²) in [6.45, 7) is 1.55. The average molecular weight is 642 g/mol. The summed E-state index contributed by atoms with van der Waals surface area (Å²) in [6.07, 6.45) is 4.35. The number of carbonyl (C=O) groups is 3. The Bertz CT molecular complexity index is 2000. The number of H-pyrrole nitrogens is 1. The van der Waals surface area contributed by atoms with Gasteiger partial charge in [-0.15, -0.1) is 0 Å². The van der Waals surface area contributed by atoms with Gasteiger partial charge in [0, 0.05) is 23.4 Å². The zero-order valence-corrected chi connectivity index (χ0v) is 25.6. The molecule has 2 atom stereocenters. The molecule has 1 saturated carbocycles. The lowest BCUT2D eigenvalue weighted by atomic mass is 9.76. The molecule has 4 heterocycles. The van der Waals surface area contributed by atoms with Crippen molar-refractivity contribution in [1.29, 1.82) is 0 Å². The average Bonchev–Trinajstić information content (AvgIpc) is 3.77. The molecule has 1 saturated heterocycles. The first-order valence-corrected chi connectivity index (χ1v) is 15.6. The van der Waals surface area contributed by atoms with Gasteiger partial charge in [-0.3, -0.25) is 19.1 Å². The van der Waals surface area contributed by atoms with E-state index in [1.54, 1.807) is 42.7 Å². The Morgan fingerprint density at radius 3 is 2.64 bits per heavy atom. The van der Waals surface area contributed by atoms with Crippen molar-refractivity contribution in [3.63, 3.8) is 0 Å². The minimum atomic E-state index is -1.40. The molecule has 1 aliphatic heterocycles. The molecule has 5 aromatic rings. The van der Waals surface area contributed by atoms with Crippen LogP contribution in [0.3, 0.4) is 0 Å². The highest BCUT2D eigenvalue weighted by Gasteiger charge is 2.45. The van der Waals surface area contributed by atoms with Crippen LogP contribution in [0.2, 0.25) is 0 Å². The number of carbonyl (C=O) groups excluding carboxylic acids is 3. The minimum Gasteiger partial charge on any atom is -0.364 e. The van der Waals surface area contributed by atoms with E-state index in [0.717, 1.165) is 24.0 Å². The molecule has 0 radical (unpaired) electrons. The van der Waals surface area contributed by atoms with E-state index >= 15 is 0 Å². The SMILES string of the molecule is CC1CCC(NC(=O)C2CC(F)CN2C(=O)Cn2nc(C(N)=O)c3cc(-c4ccnnc4)ccc32)(c2nc3cc(F)ccc3[nH]2)CC1. The number of aromatic nitrogens is 6. The van der Waals surface area contributed by atoms with Gasteiger partial charge in [0.25, 0.3) is 5.91 Å². The number of nitrogens with two attached hydrogens (primary N) is 1. The fraction of sp³-hybridized carbons (Fsp3) is 0.364. The van der Waals surface area contributed by atoms with Crippen molar-refractivity contribution >= 4 is 39.7 Å². The molecule has 3 aromatic heterocycles. The number of amides is 3.